The summed E-state index contributed by atoms with van der Waals surface area (Å²) < 4.78 is 35.1. The number of anilines is 1. The number of nitrogen functional groups attached to an aromatic ring is 1. The van der Waals surface area contributed by atoms with E-state index in [0.29, 0.717) is 27.9 Å². The number of aromatic hydroxyl groups is 1. The van der Waals surface area contributed by atoms with Crippen LogP contribution in [0.3, 0.4) is 0 Å². The van der Waals surface area contributed by atoms with E-state index in [4.69, 9.17) is 14.7 Å². The van der Waals surface area contributed by atoms with Gasteiger partial charge in [0.2, 0.25) is 0 Å². The summed E-state index contributed by atoms with van der Waals surface area (Å²) in [4.78, 5) is -0.290. The van der Waals surface area contributed by atoms with Crippen LogP contribution in [0.2, 0.25) is 0 Å². The van der Waals surface area contributed by atoms with Crippen molar-refractivity contribution in [3.63, 3.8) is 0 Å². The Kier molecular flexibility index (Phi) is 5.48. The number of hydrogen-bond acceptors (Lipinski definition) is 8. The molecule has 0 spiro atoms. The van der Waals surface area contributed by atoms with Crippen LogP contribution in [0.1, 0.15) is 6.92 Å². The van der Waals surface area contributed by atoms with Gasteiger partial charge in [-0.25, -0.2) is 0 Å². The molecule has 0 heterocycles. The van der Waals surface area contributed by atoms with Crippen LogP contribution in [0, 0.1) is 0 Å². The fourth-order valence-electron chi connectivity index (χ4n) is 2.63. The van der Waals surface area contributed by atoms with E-state index in [-0.39, 0.29) is 22.9 Å². The van der Waals surface area contributed by atoms with Crippen molar-refractivity contribution in [2.24, 2.45) is 10.2 Å². The summed E-state index contributed by atoms with van der Waals surface area (Å²) in [6.07, 6.45) is 0. The van der Waals surface area contributed by atoms with Gasteiger partial charge in [0.05, 0.1) is 19.4 Å². The molecule has 0 aliphatic rings. The molecule has 3 N–H and O–H groups in total. The zero-order valence-electron chi connectivity index (χ0n) is 15.3. The van der Waals surface area contributed by atoms with E-state index in [1.165, 1.54) is 6.07 Å². The first-order valence-corrected chi connectivity index (χ1v) is 9.77. The lowest BCUT2D eigenvalue weighted by molar-refractivity contribution is 0.338. The van der Waals surface area contributed by atoms with E-state index >= 15 is 0 Å². The molecule has 0 unspecified atom stereocenters. The average molecular weight is 401 g/mol. The highest BCUT2D eigenvalue weighted by atomic mass is 32.2. The predicted molar refractivity (Wildman–Crippen MR) is 106 cm³/mol. The standard InChI is InChI=1S/C19H19N3O5S/c1-3-27-28(24,25)17-11-12-10-13(20)4-9-16(12)19(23)18(17)22-21-14-5-7-15(26-2)8-6-14/h4-11,23H,3,20H2,1-2H3. The molecule has 0 atom stereocenters. The van der Waals surface area contributed by atoms with Crippen molar-refractivity contribution in [3.05, 3.63) is 48.5 Å². The highest BCUT2D eigenvalue weighted by molar-refractivity contribution is 7.87. The summed E-state index contributed by atoms with van der Waals surface area (Å²) in [6.45, 7) is 1.49. The highest BCUT2D eigenvalue weighted by Gasteiger charge is 2.24. The molecular formula is C19H19N3O5S. The second-order valence-corrected chi connectivity index (χ2v) is 7.39. The number of rotatable bonds is 6. The van der Waals surface area contributed by atoms with Crippen molar-refractivity contribution in [2.45, 2.75) is 11.8 Å². The minimum absolute atomic E-state index is 0.0624. The maximum atomic E-state index is 12.5. The second kappa shape index (κ2) is 7.83. The maximum absolute atomic E-state index is 12.5. The summed E-state index contributed by atoms with van der Waals surface area (Å²) in [5.41, 5.74) is 6.45. The van der Waals surface area contributed by atoms with E-state index in [1.807, 2.05) is 0 Å². The maximum Gasteiger partial charge on any atom is 0.299 e. The van der Waals surface area contributed by atoms with Crippen molar-refractivity contribution in [1.29, 1.82) is 0 Å². The van der Waals surface area contributed by atoms with Crippen LogP contribution in [0.25, 0.3) is 10.8 Å². The quantitative estimate of drug-likeness (QED) is 0.361. The van der Waals surface area contributed by atoms with E-state index in [1.54, 1.807) is 56.5 Å². The first-order valence-electron chi connectivity index (χ1n) is 8.36. The number of hydrogen-bond donors (Lipinski definition) is 2. The second-order valence-electron chi connectivity index (χ2n) is 5.81. The molecule has 146 valence electrons. The molecule has 0 saturated carbocycles. The zero-order valence-corrected chi connectivity index (χ0v) is 16.1. The first-order chi connectivity index (χ1) is 13.4. The normalized spacial score (nSPS) is 11.9. The third kappa shape index (κ3) is 3.90. The monoisotopic (exact) mass is 401 g/mol. The van der Waals surface area contributed by atoms with Gasteiger partial charge in [-0.05, 0) is 60.8 Å². The van der Waals surface area contributed by atoms with Crippen molar-refractivity contribution in [1.82, 2.24) is 0 Å². The van der Waals surface area contributed by atoms with Crippen LogP contribution in [0.15, 0.2) is 63.7 Å². The van der Waals surface area contributed by atoms with Gasteiger partial charge in [0, 0.05) is 11.1 Å². The Morgan fingerprint density at radius 1 is 1.07 bits per heavy atom. The molecule has 0 amide bonds. The van der Waals surface area contributed by atoms with Gasteiger partial charge in [0.15, 0.2) is 5.75 Å². The number of nitrogens with two attached hydrogens (primary N) is 1. The molecular weight excluding hydrogens is 382 g/mol. The van der Waals surface area contributed by atoms with Crippen LogP contribution in [-0.2, 0) is 14.3 Å². The molecule has 8 nitrogen and oxygen atoms in total. The number of nitrogens with zero attached hydrogens (tertiary/aromatic N) is 2. The van der Waals surface area contributed by atoms with Gasteiger partial charge >= 0.3 is 0 Å². The lowest BCUT2D eigenvalue weighted by Gasteiger charge is -2.11. The zero-order chi connectivity index (χ0) is 20.3. The topological polar surface area (TPSA) is 124 Å². The van der Waals surface area contributed by atoms with Crippen molar-refractivity contribution >= 4 is 38.0 Å². The van der Waals surface area contributed by atoms with Crippen molar-refractivity contribution < 1.29 is 22.4 Å². The van der Waals surface area contributed by atoms with Gasteiger partial charge in [-0.15, -0.1) is 5.11 Å². The highest BCUT2D eigenvalue weighted by Crippen LogP contribution is 2.42. The van der Waals surface area contributed by atoms with Crippen LogP contribution < -0.4 is 10.5 Å². The molecule has 0 aliphatic carbocycles. The minimum Gasteiger partial charge on any atom is -0.505 e. The molecule has 3 aromatic rings. The molecule has 0 saturated heterocycles. The summed E-state index contributed by atoms with van der Waals surface area (Å²) in [6, 6.07) is 12.8. The molecule has 3 rings (SSSR count). The van der Waals surface area contributed by atoms with Gasteiger partial charge in [0.25, 0.3) is 10.1 Å². The number of fused-ring (bicyclic) bond motifs is 1. The molecule has 0 radical (unpaired) electrons. The number of phenolic OH excluding ortho intramolecular Hbond substituents is 1. The van der Waals surface area contributed by atoms with Gasteiger partial charge in [-0.3, -0.25) is 4.18 Å². The molecule has 0 fully saturated rings. The SMILES string of the molecule is CCOS(=O)(=O)c1cc2cc(N)ccc2c(O)c1N=Nc1ccc(OC)cc1. The Morgan fingerprint density at radius 3 is 2.43 bits per heavy atom. The van der Waals surface area contributed by atoms with E-state index in [0.717, 1.165) is 0 Å². The Hall–Kier alpha value is -3.17. The smallest absolute Gasteiger partial charge is 0.299 e. The summed E-state index contributed by atoms with van der Waals surface area (Å²) in [5, 5.41) is 19.6. The summed E-state index contributed by atoms with van der Waals surface area (Å²) >= 11 is 0. The number of methoxy groups -OCH3 is 1. The van der Waals surface area contributed by atoms with Gasteiger partial charge in [-0.1, -0.05) is 0 Å². The number of benzene rings is 3. The summed E-state index contributed by atoms with van der Waals surface area (Å²) in [5.74, 6) is 0.317. The first kappa shape index (κ1) is 19.6. The van der Waals surface area contributed by atoms with Crippen molar-refractivity contribution in [3.8, 4) is 11.5 Å². The Bertz CT molecular complexity index is 1140. The Morgan fingerprint density at radius 2 is 1.79 bits per heavy atom. The van der Waals surface area contributed by atoms with Crippen LogP contribution in [0.5, 0.6) is 11.5 Å². The molecule has 3 aromatic carbocycles. The average Bonchev–Trinajstić information content (AvgIpc) is 2.67. The van der Waals surface area contributed by atoms with Gasteiger partial charge in [-0.2, -0.15) is 13.5 Å². The number of azo groups is 1. The largest absolute Gasteiger partial charge is 0.505 e. The third-order valence-corrected chi connectivity index (χ3v) is 5.35. The van der Waals surface area contributed by atoms with Crippen LogP contribution >= 0.6 is 0 Å². The van der Waals surface area contributed by atoms with Crippen molar-refractivity contribution in [2.75, 3.05) is 19.5 Å². The molecule has 0 aromatic heterocycles. The molecule has 0 bridgehead atoms. The van der Waals surface area contributed by atoms with Crippen LogP contribution in [-0.4, -0.2) is 27.2 Å². The number of phenols is 1. The summed E-state index contributed by atoms with van der Waals surface area (Å²) in [7, 11) is -2.61. The number of ether oxygens (including phenoxy) is 1. The lowest BCUT2D eigenvalue weighted by Crippen LogP contribution is -2.06. The minimum atomic E-state index is -4.16. The fraction of sp³-hybridized carbons (Fsp3) is 0.158. The Balaban J connectivity index is 2.19. The van der Waals surface area contributed by atoms with E-state index in [2.05, 4.69) is 10.2 Å². The Labute approximate surface area is 162 Å². The predicted octanol–water partition coefficient (Wildman–Crippen LogP) is 4.28. The van der Waals surface area contributed by atoms with E-state index in [9.17, 15) is 13.5 Å². The molecule has 9 heteroatoms. The molecule has 28 heavy (non-hydrogen) atoms. The van der Waals surface area contributed by atoms with Gasteiger partial charge < -0.3 is 15.6 Å². The van der Waals surface area contributed by atoms with E-state index < -0.39 is 10.1 Å². The lowest BCUT2D eigenvalue weighted by atomic mass is 10.1. The van der Waals surface area contributed by atoms with Gasteiger partial charge in [0.1, 0.15) is 16.3 Å². The molecule has 0 aliphatic heterocycles. The fourth-order valence-corrected chi connectivity index (χ4v) is 3.72. The third-order valence-electron chi connectivity index (χ3n) is 3.96. The van der Waals surface area contributed by atoms with Crippen LogP contribution in [0.4, 0.5) is 17.1 Å².